The van der Waals surface area contributed by atoms with Crippen molar-refractivity contribution in [1.82, 2.24) is 10.3 Å². The van der Waals surface area contributed by atoms with Gasteiger partial charge in [0.15, 0.2) is 0 Å². The number of nitrogens with one attached hydrogen (secondary N) is 1. The van der Waals surface area contributed by atoms with Gasteiger partial charge in [-0.2, -0.15) is 0 Å². The first-order chi connectivity index (χ1) is 9.95. The van der Waals surface area contributed by atoms with Gasteiger partial charge in [-0.15, -0.1) is 0 Å². The van der Waals surface area contributed by atoms with Crippen molar-refractivity contribution < 1.29 is 9.53 Å². The van der Waals surface area contributed by atoms with Crippen LogP contribution in [0.5, 0.6) is 0 Å². The second kappa shape index (κ2) is 6.22. The highest BCUT2D eigenvalue weighted by Crippen LogP contribution is 2.20. The highest BCUT2D eigenvalue weighted by molar-refractivity contribution is 5.86. The molecule has 4 heteroatoms. The Balaban J connectivity index is 2.21. The van der Waals surface area contributed by atoms with Crippen LogP contribution in [0.2, 0.25) is 0 Å². The fourth-order valence-electron chi connectivity index (χ4n) is 2.37. The summed E-state index contributed by atoms with van der Waals surface area (Å²) in [6.07, 6.45) is 1.78. The van der Waals surface area contributed by atoms with E-state index in [0.717, 1.165) is 22.0 Å². The fourth-order valence-corrected chi connectivity index (χ4v) is 2.37. The molecule has 0 spiro atoms. The number of aryl methyl sites for hydroxylation is 1. The number of hydrogen-bond acceptors (Lipinski definition) is 3. The molecule has 112 valence electrons. The molecule has 0 aliphatic rings. The largest absolute Gasteiger partial charge is 0.366 e. The lowest BCUT2D eigenvalue weighted by molar-refractivity contribution is -0.142. The van der Waals surface area contributed by atoms with E-state index >= 15 is 0 Å². The van der Waals surface area contributed by atoms with Crippen LogP contribution in [0, 0.1) is 6.92 Å². The third-order valence-electron chi connectivity index (χ3n) is 3.61. The molecule has 0 aliphatic carbocycles. The van der Waals surface area contributed by atoms with Crippen LogP contribution in [-0.2, 0) is 16.1 Å². The molecule has 0 unspecified atom stereocenters. The van der Waals surface area contributed by atoms with Gasteiger partial charge in [0.05, 0.1) is 5.52 Å². The Hall–Kier alpha value is -1.94. The predicted octanol–water partition coefficient (Wildman–Crippen LogP) is 2.97. The number of nitrogens with zero attached hydrogens (tertiary/aromatic N) is 1. The van der Waals surface area contributed by atoms with Gasteiger partial charge in [0.1, 0.15) is 5.60 Å². The number of amides is 1. The molecular formula is C17H22N2O2. The number of hydrogen-bond donors (Lipinski definition) is 1. The summed E-state index contributed by atoms with van der Waals surface area (Å²) in [5, 5.41) is 4.04. The summed E-state index contributed by atoms with van der Waals surface area (Å²) in [6.45, 7) is 8.48. The first-order valence-electron chi connectivity index (χ1n) is 7.21. The van der Waals surface area contributed by atoms with Crippen LogP contribution in [-0.4, -0.2) is 23.1 Å². The van der Waals surface area contributed by atoms with Crippen LogP contribution >= 0.6 is 0 Å². The summed E-state index contributed by atoms with van der Waals surface area (Å²) in [5.74, 6) is -0.107. The van der Waals surface area contributed by atoms with Crippen LogP contribution in [0.25, 0.3) is 10.9 Å². The number of benzene rings is 1. The molecule has 21 heavy (non-hydrogen) atoms. The number of carbonyl (C=O) groups is 1. The minimum absolute atomic E-state index is 0.107. The minimum atomic E-state index is -0.814. The average Bonchev–Trinajstić information content (AvgIpc) is 2.46. The van der Waals surface area contributed by atoms with Crippen LogP contribution in [0.3, 0.4) is 0 Å². The second-order valence-electron chi connectivity index (χ2n) is 5.56. The van der Waals surface area contributed by atoms with Gasteiger partial charge in [0.2, 0.25) is 0 Å². The number of aromatic nitrogens is 1. The molecule has 0 bridgehead atoms. The Morgan fingerprint density at radius 2 is 2.10 bits per heavy atom. The predicted molar refractivity (Wildman–Crippen MR) is 84.0 cm³/mol. The molecule has 1 aromatic heterocycles. The summed E-state index contributed by atoms with van der Waals surface area (Å²) in [4.78, 5) is 16.6. The highest BCUT2D eigenvalue weighted by atomic mass is 16.5. The first kappa shape index (κ1) is 15.4. The van der Waals surface area contributed by atoms with Crippen molar-refractivity contribution in [3.8, 4) is 0 Å². The van der Waals surface area contributed by atoms with Crippen molar-refractivity contribution in [3.63, 3.8) is 0 Å². The van der Waals surface area contributed by atoms with Gasteiger partial charge in [0, 0.05) is 24.7 Å². The van der Waals surface area contributed by atoms with Crippen molar-refractivity contribution in [3.05, 3.63) is 41.6 Å². The van der Waals surface area contributed by atoms with Crippen LogP contribution in [0.1, 0.15) is 31.9 Å². The lowest BCUT2D eigenvalue weighted by Gasteiger charge is -2.23. The van der Waals surface area contributed by atoms with Crippen molar-refractivity contribution in [1.29, 1.82) is 0 Å². The van der Waals surface area contributed by atoms with E-state index in [1.54, 1.807) is 20.0 Å². The van der Waals surface area contributed by atoms with E-state index in [1.807, 2.05) is 38.1 Å². The third-order valence-corrected chi connectivity index (χ3v) is 3.61. The zero-order valence-electron chi connectivity index (χ0n) is 13.1. The topological polar surface area (TPSA) is 51.2 Å². The van der Waals surface area contributed by atoms with Crippen LogP contribution in [0.4, 0.5) is 0 Å². The minimum Gasteiger partial charge on any atom is -0.366 e. The van der Waals surface area contributed by atoms with Crippen molar-refractivity contribution in [2.24, 2.45) is 0 Å². The molecule has 1 aromatic carbocycles. The Labute approximate surface area is 125 Å². The monoisotopic (exact) mass is 286 g/mol. The van der Waals surface area contributed by atoms with Gasteiger partial charge in [-0.25, -0.2) is 0 Å². The maximum absolute atomic E-state index is 12.2. The number of fused-ring (bicyclic) bond motifs is 1. The lowest BCUT2D eigenvalue weighted by Crippen LogP contribution is -2.44. The summed E-state index contributed by atoms with van der Waals surface area (Å²) in [7, 11) is 0. The van der Waals surface area contributed by atoms with Gasteiger partial charge in [0.25, 0.3) is 5.91 Å². The standard InChI is InChI=1S/C17H22N2O2/c1-5-21-17(3,4)16(20)19-11-14-12(2)8-9-15-13(14)7-6-10-18-15/h6-10H,5,11H2,1-4H3,(H,19,20). The molecule has 1 N–H and O–H groups in total. The van der Waals surface area contributed by atoms with E-state index < -0.39 is 5.60 Å². The van der Waals surface area contributed by atoms with Gasteiger partial charge in [-0.1, -0.05) is 12.1 Å². The molecule has 1 amide bonds. The molecule has 1 heterocycles. The number of rotatable bonds is 5. The van der Waals surface area contributed by atoms with E-state index in [-0.39, 0.29) is 5.91 Å². The summed E-state index contributed by atoms with van der Waals surface area (Å²) in [6, 6.07) is 7.98. The summed E-state index contributed by atoms with van der Waals surface area (Å²) in [5.41, 5.74) is 2.37. The molecule has 0 aliphatic heterocycles. The fraction of sp³-hybridized carbons (Fsp3) is 0.412. The first-order valence-corrected chi connectivity index (χ1v) is 7.21. The van der Waals surface area contributed by atoms with E-state index in [9.17, 15) is 4.79 Å². The Morgan fingerprint density at radius 3 is 2.81 bits per heavy atom. The van der Waals surface area contributed by atoms with Gasteiger partial charge in [-0.3, -0.25) is 9.78 Å². The quantitative estimate of drug-likeness (QED) is 0.919. The smallest absolute Gasteiger partial charge is 0.251 e. The maximum atomic E-state index is 12.2. The molecule has 4 nitrogen and oxygen atoms in total. The SMILES string of the molecule is CCOC(C)(C)C(=O)NCc1c(C)ccc2ncccc12. The van der Waals surface area contributed by atoms with Crippen molar-refractivity contribution in [2.75, 3.05) is 6.61 Å². The van der Waals surface area contributed by atoms with Gasteiger partial charge in [-0.05, 0) is 51.0 Å². The Bertz CT molecular complexity index is 650. The summed E-state index contributed by atoms with van der Waals surface area (Å²) < 4.78 is 5.47. The average molecular weight is 286 g/mol. The lowest BCUT2D eigenvalue weighted by atomic mass is 10.0. The zero-order valence-corrected chi connectivity index (χ0v) is 13.1. The molecule has 0 radical (unpaired) electrons. The Morgan fingerprint density at radius 1 is 1.33 bits per heavy atom. The molecule has 0 saturated carbocycles. The molecule has 0 saturated heterocycles. The normalized spacial score (nSPS) is 11.6. The number of pyridine rings is 1. The van der Waals surface area contributed by atoms with Crippen LogP contribution in [0.15, 0.2) is 30.5 Å². The molecule has 0 atom stereocenters. The molecule has 0 fully saturated rings. The van der Waals surface area contributed by atoms with Crippen LogP contribution < -0.4 is 5.32 Å². The van der Waals surface area contributed by atoms with E-state index in [4.69, 9.17) is 4.74 Å². The maximum Gasteiger partial charge on any atom is 0.251 e. The highest BCUT2D eigenvalue weighted by Gasteiger charge is 2.27. The number of carbonyl (C=O) groups excluding carboxylic acids is 1. The second-order valence-corrected chi connectivity index (χ2v) is 5.56. The Kier molecular flexibility index (Phi) is 4.58. The van der Waals surface area contributed by atoms with E-state index in [1.165, 1.54) is 0 Å². The zero-order chi connectivity index (χ0) is 15.5. The van der Waals surface area contributed by atoms with Gasteiger partial charge >= 0.3 is 0 Å². The molecular weight excluding hydrogens is 264 g/mol. The van der Waals surface area contributed by atoms with Gasteiger partial charge < -0.3 is 10.1 Å². The summed E-state index contributed by atoms with van der Waals surface area (Å²) >= 11 is 0. The number of ether oxygens (including phenoxy) is 1. The molecule has 2 aromatic rings. The molecule has 2 rings (SSSR count). The third kappa shape index (κ3) is 3.39. The van der Waals surface area contributed by atoms with Crippen molar-refractivity contribution >= 4 is 16.8 Å². The van der Waals surface area contributed by atoms with Crippen molar-refractivity contribution in [2.45, 2.75) is 39.8 Å². The van der Waals surface area contributed by atoms with E-state index in [0.29, 0.717) is 13.2 Å². The van der Waals surface area contributed by atoms with E-state index in [2.05, 4.69) is 10.3 Å².